The Hall–Kier alpha value is -1.98. The average Bonchev–Trinajstić information content (AvgIpc) is 2.89. The molecule has 0 aliphatic rings. The molecular weight excluding hydrogens is 316 g/mol. The van der Waals surface area contributed by atoms with Gasteiger partial charge in [-0.25, -0.2) is 15.0 Å². The fraction of sp³-hybridized carbons (Fsp3) is 0.188. The molecule has 0 aliphatic carbocycles. The normalized spacial score (nSPS) is 10.7. The van der Waals surface area contributed by atoms with Gasteiger partial charge >= 0.3 is 0 Å². The van der Waals surface area contributed by atoms with E-state index in [4.69, 9.17) is 11.6 Å². The Labute approximate surface area is 138 Å². The van der Waals surface area contributed by atoms with Crippen LogP contribution in [-0.2, 0) is 6.42 Å². The van der Waals surface area contributed by atoms with E-state index in [0.29, 0.717) is 11.0 Å². The van der Waals surface area contributed by atoms with Crippen molar-refractivity contribution in [3.8, 4) is 10.6 Å². The van der Waals surface area contributed by atoms with Crippen LogP contribution >= 0.6 is 22.9 Å². The summed E-state index contributed by atoms with van der Waals surface area (Å²) in [4.78, 5) is 14.5. The van der Waals surface area contributed by atoms with Crippen LogP contribution in [0.3, 0.4) is 0 Å². The number of nitrogens with zero attached hydrogens (tertiary/aromatic N) is 3. The lowest BCUT2D eigenvalue weighted by molar-refractivity contribution is 1.07. The topological polar surface area (TPSA) is 50.7 Å². The zero-order valence-electron chi connectivity index (χ0n) is 12.3. The first-order chi connectivity index (χ1) is 10.7. The van der Waals surface area contributed by atoms with Gasteiger partial charge in [0.2, 0.25) is 5.95 Å². The van der Waals surface area contributed by atoms with Gasteiger partial charge in [-0.15, -0.1) is 11.3 Å². The number of hydrogen-bond donors (Lipinski definition) is 1. The zero-order valence-corrected chi connectivity index (χ0v) is 13.9. The van der Waals surface area contributed by atoms with E-state index in [1.807, 2.05) is 37.3 Å². The number of thiazole rings is 1. The molecule has 0 fully saturated rings. The second kappa shape index (κ2) is 6.42. The number of nitrogens with one attached hydrogen (secondary N) is 1. The summed E-state index contributed by atoms with van der Waals surface area (Å²) in [6.07, 6.45) is 2.68. The summed E-state index contributed by atoms with van der Waals surface area (Å²) in [6, 6.07) is 9.38. The van der Waals surface area contributed by atoms with Gasteiger partial charge in [-0.2, -0.15) is 0 Å². The molecule has 0 atom stereocenters. The maximum atomic E-state index is 5.99. The highest BCUT2D eigenvalue weighted by Crippen LogP contribution is 2.29. The molecule has 1 aromatic carbocycles. The molecule has 0 aliphatic heterocycles. The third-order valence-electron chi connectivity index (χ3n) is 3.11. The van der Waals surface area contributed by atoms with E-state index in [0.717, 1.165) is 33.4 Å². The first kappa shape index (κ1) is 14.9. The first-order valence-corrected chi connectivity index (χ1v) is 8.17. The summed E-state index contributed by atoms with van der Waals surface area (Å²) < 4.78 is 0. The van der Waals surface area contributed by atoms with E-state index in [1.54, 1.807) is 17.5 Å². The molecule has 4 nitrogen and oxygen atoms in total. The second-order valence-corrected chi connectivity index (χ2v) is 6.30. The van der Waals surface area contributed by atoms with Crippen molar-refractivity contribution in [1.29, 1.82) is 0 Å². The van der Waals surface area contributed by atoms with Crippen LogP contribution in [0, 0.1) is 6.92 Å². The smallest absolute Gasteiger partial charge is 0.227 e. The number of rotatable bonds is 4. The van der Waals surface area contributed by atoms with Crippen molar-refractivity contribution < 1.29 is 0 Å². The molecular formula is C16H15ClN4S. The van der Waals surface area contributed by atoms with Crippen LogP contribution in [-0.4, -0.2) is 15.0 Å². The Morgan fingerprint density at radius 2 is 2.09 bits per heavy atom. The lowest BCUT2D eigenvalue weighted by Crippen LogP contribution is -1.97. The van der Waals surface area contributed by atoms with E-state index >= 15 is 0 Å². The second-order valence-electron chi connectivity index (χ2n) is 4.78. The van der Waals surface area contributed by atoms with Gasteiger partial charge in [0.15, 0.2) is 0 Å². The van der Waals surface area contributed by atoms with Gasteiger partial charge in [0.1, 0.15) is 0 Å². The highest BCUT2D eigenvalue weighted by molar-refractivity contribution is 7.15. The van der Waals surface area contributed by atoms with Gasteiger partial charge in [-0.05, 0) is 37.6 Å². The van der Waals surface area contributed by atoms with Crippen molar-refractivity contribution in [2.24, 2.45) is 0 Å². The van der Waals surface area contributed by atoms with Crippen molar-refractivity contribution >= 4 is 34.6 Å². The lowest BCUT2D eigenvalue weighted by Gasteiger charge is -2.06. The number of hydrogen-bond acceptors (Lipinski definition) is 5. The van der Waals surface area contributed by atoms with E-state index in [2.05, 4.69) is 27.2 Å². The third kappa shape index (κ3) is 3.26. The molecule has 0 radical (unpaired) electrons. The summed E-state index contributed by atoms with van der Waals surface area (Å²) in [7, 11) is 0. The predicted octanol–water partition coefficient (Wildman–Crippen LogP) is 4.87. The van der Waals surface area contributed by atoms with E-state index in [9.17, 15) is 0 Å². The van der Waals surface area contributed by atoms with Crippen molar-refractivity contribution in [2.45, 2.75) is 20.3 Å². The highest BCUT2D eigenvalue weighted by Gasteiger charge is 2.11. The highest BCUT2D eigenvalue weighted by atomic mass is 35.5. The maximum absolute atomic E-state index is 5.99. The predicted molar refractivity (Wildman–Crippen MR) is 92.0 cm³/mol. The van der Waals surface area contributed by atoms with Gasteiger partial charge in [0, 0.05) is 16.9 Å². The SMILES string of the molecule is CCc1nc(C)c(-c2ccnc(Nc3cccc(Cl)c3)n2)s1. The number of aromatic nitrogens is 3. The van der Waals surface area contributed by atoms with Crippen molar-refractivity contribution in [1.82, 2.24) is 15.0 Å². The van der Waals surface area contributed by atoms with Crippen LogP contribution in [0.2, 0.25) is 5.02 Å². The summed E-state index contributed by atoms with van der Waals surface area (Å²) in [5.41, 5.74) is 2.75. The summed E-state index contributed by atoms with van der Waals surface area (Å²) in [6.45, 7) is 4.12. The van der Waals surface area contributed by atoms with Crippen LogP contribution < -0.4 is 5.32 Å². The van der Waals surface area contributed by atoms with Crippen molar-refractivity contribution in [3.05, 3.63) is 52.3 Å². The lowest BCUT2D eigenvalue weighted by atomic mass is 10.3. The van der Waals surface area contributed by atoms with Gasteiger partial charge in [0.25, 0.3) is 0 Å². The van der Waals surface area contributed by atoms with Gasteiger partial charge < -0.3 is 5.32 Å². The number of halogens is 1. The van der Waals surface area contributed by atoms with Crippen molar-refractivity contribution in [2.75, 3.05) is 5.32 Å². The van der Waals surface area contributed by atoms with Gasteiger partial charge in [-0.3, -0.25) is 0 Å². The zero-order chi connectivity index (χ0) is 15.5. The molecule has 0 bridgehead atoms. The van der Waals surface area contributed by atoms with Crippen LogP contribution in [0.1, 0.15) is 17.6 Å². The Bertz CT molecular complexity index is 800. The Morgan fingerprint density at radius 1 is 1.23 bits per heavy atom. The number of anilines is 2. The first-order valence-electron chi connectivity index (χ1n) is 6.98. The molecule has 112 valence electrons. The fourth-order valence-corrected chi connectivity index (χ4v) is 3.25. The summed E-state index contributed by atoms with van der Waals surface area (Å²) in [5, 5.41) is 4.97. The number of aryl methyl sites for hydroxylation is 2. The molecule has 3 rings (SSSR count). The molecule has 1 N–H and O–H groups in total. The standard InChI is InChI=1S/C16H15ClN4S/c1-3-14-19-10(2)15(22-14)13-7-8-18-16(21-13)20-12-6-4-5-11(17)9-12/h4-9H,3H2,1-2H3,(H,18,20,21). The molecule has 0 saturated carbocycles. The molecule has 2 heterocycles. The summed E-state index contributed by atoms with van der Waals surface area (Å²) >= 11 is 7.67. The van der Waals surface area contributed by atoms with Gasteiger partial charge in [-0.1, -0.05) is 24.6 Å². The quantitative estimate of drug-likeness (QED) is 0.741. The Kier molecular flexibility index (Phi) is 4.36. The number of benzene rings is 1. The molecule has 0 saturated heterocycles. The molecule has 6 heteroatoms. The monoisotopic (exact) mass is 330 g/mol. The Morgan fingerprint density at radius 3 is 2.82 bits per heavy atom. The van der Waals surface area contributed by atoms with E-state index < -0.39 is 0 Å². The third-order valence-corrected chi connectivity index (χ3v) is 4.67. The molecule has 3 aromatic rings. The van der Waals surface area contributed by atoms with E-state index in [1.165, 1.54) is 0 Å². The largest absolute Gasteiger partial charge is 0.324 e. The van der Waals surface area contributed by atoms with Gasteiger partial charge in [0.05, 0.1) is 21.3 Å². The fourth-order valence-electron chi connectivity index (χ4n) is 2.08. The minimum Gasteiger partial charge on any atom is -0.324 e. The van der Waals surface area contributed by atoms with E-state index in [-0.39, 0.29) is 0 Å². The Balaban J connectivity index is 1.90. The van der Waals surface area contributed by atoms with Crippen LogP contribution in [0.5, 0.6) is 0 Å². The molecule has 0 unspecified atom stereocenters. The summed E-state index contributed by atoms with van der Waals surface area (Å²) in [5.74, 6) is 0.547. The molecule has 0 spiro atoms. The molecule has 0 amide bonds. The van der Waals surface area contributed by atoms with Crippen LogP contribution in [0.4, 0.5) is 11.6 Å². The van der Waals surface area contributed by atoms with Crippen LogP contribution in [0.25, 0.3) is 10.6 Å². The molecule has 2 aromatic heterocycles. The van der Waals surface area contributed by atoms with Crippen LogP contribution in [0.15, 0.2) is 36.5 Å². The maximum Gasteiger partial charge on any atom is 0.227 e. The average molecular weight is 331 g/mol. The van der Waals surface area contributed by atoms with Crippen molar-refractivity contribution in [3.63, 3.8) is 0 Å². The minimum atomic E-state index is 0.547. The minimum absolute atomic E-state index is 0.547. The molecule has 22 heavy (non-hydrogen) atoms.